The van der Waals surface area contributed by atoms with Gasteiger partial charge in [-0.3, -0.25) is 0 Å². The Balaban J connectivity index is 2.40. The molecule has 0 unspecified atom stereocenters. The van der Waals surface area contributed by atoms with Gasteiger partial charge in [-0.15, -0.1) is 0 Å². The highest BCUT2D eigenvalue weighted by atomic mass is 35.5. The molecule has 2 nitrogen and oxygen atoms in total. The fraction of sp³-hybridized carbons (Fsp3) is 0.0769. The number of hydrogen-bond acceptors (Lipinski definition) is 2. The summed E-state index contributed by atoms with van der Waals surface area (Å²) in [7, 11) is 0. The van der Waals surface area contributed by atoms with Crippen LogP contribution in [0.3, 0.4) is 0 Å². The molecule has 0 bridgehead atoms. The molecule has 18 heavy (non-hydrogen) atoms. The van der Waals surface area contributed by atoms with Crippen LogP contribution < -0.4 is 10.5 Å². The molecule has 0 fully saturated rings. The zero-order valence-corrected chi connectivity index (χ0v) is 11.8. The van der Waals surface area contributed by atoms with E-state index in [2.05, 4.69) is 0 Å². The van der Waals surface area contributed by atoms with Crippen LogP contribution >= 0.6 is 34.8 Å². The molecule has 0 spiro atoms. The van der Waals surface area contributed by atoms with Crippen molar-refractivity contribution in [3.63, 3.8) is 0 Å². The summed E-state index contributed by atoms with van der Waals surface area (Å²) in [5.41, 5.74) is 7.08. The van der Waals surface area contributed by atoms with Gasteiger partial charge in [-0.2, -0.15) is 0 Å². The molecule has 2 aromatic carbocycles. The molecule has 94 valence electrons. The highest BCUT2D eigenvalue weighted by molar-refractivity contribution is 6.42. The van der Waals surface area contributed by atoms with E-state index in [1.165, 1.54) is 0 Å². The Labute approximate surface area is 120 Å². The molecule has 0 radical (unpaired) electrons. The SMILES string of the molecule is Cc1cc(N)c(Cl)cc1Oc1cccc(Cl)c1Cl. The lowest BCUT2D eigenvalue weighted by Crippen LogP contribution is -1.92. The highest BCUT2D eigenvalue weighted by Gasteiger charge is 2.10. The lowest BCUT2D eigenvalue weighted by molar-refractivity contribution is 0.479. The third-order valence-electron chi connectivity index (χ3n) is 2.43. The van der Waals surface area contributed by atoms with Gasteiger partial charge in [0.2, 0.25) is 0 Å². The van der Waals surface area contributed by atoms with Gasteiger partial charge in [0.1, 0.15) is 16.5 Å². The molecule has 0 aromatic heterocycles. The second-order valence-electron chi connectivity index (χ2n) is 3.79. The number of halogens is 3. The van der Waals surface area contributed by atoms with E-state index >= 15 is 0 Å². The van der Waals surface area contributed by atoms with Gasteiger partial charge in [0, 0.05) is 6.07 Å². The van der Waals surface area contributed by atoms with Crippen LogP contribution in [0.2, 0.25) is 15.1 Å². The standard InChI is InChI=1S/C13H10Cl3NO/c1-7-5-10(17)9(15)6-12(7)18-11-4-2-3-8(14)13(11)16/h2-6H,17H2,1H3. The molecule has 0 amide bonds. The third kappa shape index (κ3) is 2.66. The van der Waals surface area contributed by atoms with Crippen LogP contribution in [0.25, 0.3) is 0 Å². The van der Waals surface area contributed by atoms with E-state index in [9.17, 15) is 0 Å². The zero-order valence-electron chi connectivity index (χ0n) is 9.51. The van der Waals surface area contributed by atoms with Gasteiger partial charge in [-0.25, -0.2) is 0 Å². The van der Waals surface area contributed by atoms with Crippen molar-refractivity contribution in [1.29, 1.82) is 0 Å². The maximum Gasteiger partial charge on any atom is 0.147 e. The molecule has 0 heterocycles. The lowest BCUT2D eigenvalue weighted by Gasteiger charge is -2.12. The summed E-state index contributed by atoms with van der Waals surface area (Å²) < 4.78 is 5.70. The summed E-state index contributed by atoms with van der Waals surface area (Å²) in [5.74, 6) is 1.08. The van der Waals surface area contributed by atoms with Crippen LogP contribution in [0.4, 0.5) is 5.69 Å². The maximum absolute atomic E-state index is 6.05. The number of ether oxygens (including phenoxy) is 1. The first-order valence-electron chi connectivity index (χ1n) is 5.16. The predicted octanol–water partition coefficient (Wildman–Crippen LogP) is 5.33. The maximum atomic E-state index is 6.05. The Morgan fingerprint density at radius 2 is 1.72 bits per heavy atom. The summed E-state index contributed by atoms with van der Waals surface area (Å²) >= 11 is 17.9. The normalized spacial score (nSPS) is 10.4. The quantitative estimate of drug-likeness (QED) is 0.761. The lowest BCUT2D eigenvalue weighted by atomic mass is 10.2. The Bertz CT molecular complexity index is 599. The number of aryl methyl sites for hydroxylation is 1. The first kappa shape index (κ1) is 13.3. The van der Waals surface area contributed by atoms with Crippen molar-refractivity contribution >= 4 is 40.5 Å². The summed E-state index contributed by atoms with van der Waals surface area (Å²) in [6.45, 7) is 1.88. The van der Waals surface area contributed by atoms with Crippen molar-refractivity contribution in [2.75, 3.05) is 5.73 Å². The van der Waals surface area contributed by atoms with Gasteiger partial charge in [0.25, 0.3) is 0 Å². The van der Waals surface area contributed by atoms with Crippen LogP contribution in [0, 0.1) is 6.92 Å². The van der Waals surface area contributed by atoms with E-state index in [1.54, 1.807) is 30.3 Å². The van der Waals surface area contributed by atoms with Crippen LogP contribution in [0.15, 0.2) is 30.3 Å². The molecule has 0 saturated heterocycles. The Morgan fingerprint density at radius 1 is 1.00 bits per heavy atom. The van der Waals surface area contributed by atoms with Crippen LogP contribution in [0.1, 0.15) is 5.56 Å². The fourth-order valence-electron chi connectivity index (χ4n) is 1.48. The van der Waals surface area contributed by atoms with Gasteiger partial charge in [-0.05, 0) is 30.7 Å². The topological polar surface area (TPSA) is 35.2 Å². The molecular formula is C13H10Cl3NO. The van der Waals surface area contributed by atoms with Gasteiger partial charge < -0.3 is 10.5 Å². The van der Waals surface area contributed by atoms with Gasteiger partial charge in [-0.1, -0.05) is 40.9 Å². The average Bonchev–Trinajstić information content (AvgIpc) is 2.32. The van der Waals surface area contributed by atoms with E-state index in [-0.39, 0.29) is 0 Å². The number of nitrogens with two attached hydrogens (primary N) is 1. The number of anilines is 1. The molecule has 2 rings (SSSR count). The number of nitrogen functional groups attached to an aromatic ring is 1. The van der Waals surface area contributed by atoms with Crippen molar-refractivity contribution in [1.82, 2.24) is 0 Å². The summed E-state index contributed by atoms with van der Waals surface area (Å²) in [6.07, 6.45) is 0. The number of rotatable bonds is 2. The van der Waals surface area contributed by atoms with E-state index < -0.39 is 0 Å². The molecule has 0 aliphatic rings. The fourth-order valence-corrected chi connectivity index (χ4v) is 1.96. The first-order chi connectivity index (χ1) is 8.49. The second kappa shape index (κ2) is 5.27. The average molecular weight is 303 g/mol. The minimum Gasteiger partial charge on any atom is -0.455 e. The molecular weight excluding hydrogens is 293 g/mol. The monoisotopic (exact) mass is 301 g/mol. The molecule has 0 aliphatic carbocycles. The highest BCUT2D eigenvalue weighted by Crippen LogP contribution is 2.37. The van der Waals surface area contributed by atoms with E-state index in [0.717, 1.165) is 5.56 Å². The van der Waals surface area contributed by atoms with E-state index in [4.69, 9.17) is 45.3 Å². The summed E-state index contributed by atoms with van der Waals surface area (Å²) in [6, 6.07) is 8.59. The molecule has 0 atom stereocenters. The number of hydrogen-bond donors (Lipinski definition) is 1. The Morgan fingerprint density at radius 3 is 2.44 bits per heavy atom. The predicted molar refractivity (Wildman–Crippen MR) is 77.1 cm³/mol. The van der Waals surface area contributed by atoms with E-state index in [1.807, 2.05) is 6.92 Å². The van der Waals surface area contributed by atoms with Crippen molar-refractivity contribution in [3.05, 3.63) is 51.0 Å². The minimum atomic E-state index is 0.367. The largest absolute Gasteiger partial charge is 0.455 e. The Hall–Kier alpha value is -1.09. The molecule has 5 heteroatoms. The van der Waals surface area contributed by atoms with Gasteiger partial charge in [0.05, 0.1) is 15.7 Å². The van der Waals surface area contributed by atoms with Gasteiger partial charge in [0.15, 0.2) is 0 Å². The van der Waals surface area contributed by atoms with Crippen LogP contribution in [-0.4, -0.2) is 0 Å². The van der Waals surface area contributed by atoms with Crippen molar-refractivity contribution in [3.8, 4) is 11.5 Å². The molecule has 2 N–H and O–H groups in total. The smallest absolute Gasteiger partial charge is 0.147 e. The van der Waals surface area contributed by atoms with Crippen molar-refractivity contribution in [2.24, 2.45) is 0 Å². The summed E-state index contributed by atoms with van der Waals surface area (Å²) in [4.78, 5) is 0. The first-order valence-corrected chi connectivity index (χ1v) is 6.30. The Kier molecular flexibility index (Phi) is 3.91. The second-order valence-corrected chi connectivity index (χ2v) is 4.99. The molecule has 0 aliphatic heterocycles. The minimum absolute atomic E-state index is 0.367. The van der Waals surface area contributed by atoms with Crippen LogP contribution in [0.5, 0.6) is 11.5 Å². The zero-order chi connectivity index (χ0) is 13.3. The number of benzene rings is 2. The molecule has 0 saturated carbocycles. The molecule has 2 aromatic rings. The van der Waals surface area contributed by atoms with Crippen LogP contribution in [-0.2, 0) is 0 Å². The van der Waals surface area contributed by atoms with Crippen molar-refractivity contribution in [2.45, 2.75) is 6.92 Å². The summed E-state index contributed by atoms with van der Waals surface area (Å²) in [5, 5.41) is 1.24. The third-order valence-corrected chi connectivity index (χ3v) is 3.56. The van der Waals surface area contributed by atoms with Gasteiger partial charge >= 0.3 is 0 Å². The van der Waals surface area contributed by atoms with Crippen molar-refractivity contribution < 1.29 is 4.74 Å². The van der Waals surface area contributed by atoms with E-state index in [0.29, 0.717) is 32.3 Å².